The number of hydrogen-bond acceptors (Lipinski definition) is 3. The quantitative estimate of drug-likeness (QED) is 0.650. The summed E-state index contributed by atoms with van der Waals surface area (Å²) >= 11 is 0. The Labute approximate surface area is 84.8 Å². The molecule has 3 N–H and O–H groups in total. The number of carbonyl (C=O) groups excluding carboxylic acids is 1. The van der Waals surface area contributed by atoms with E-state index in [4.69, 9.17) is 5.73 Å². The molecular formula is C10H19N3O. The van der Waals surface area contributed by atoms with Crippen LogP contribution in [0.5, 0.6) is 0 Å². The molecule has 0 spiro atoms. The summed E-state index contributed by atoms with van der Waals surface area (Å²) in [5, 5.41) is 2.99. The van der Waals surface area contributed by atoms with Crippen LogP contribution in [0.2, 0.25) is 0 Å². The molecule has 1 aliphatic carbocycles. The van der Waals surface area contributed by atoms with E-state index in [0.717, 1.165) is 26.1 Å². The summed E-state index contributed by atoms with van der Waals surface area (Å²) in [5.74, 6) is 0.202. The Morgan fingerprint density at radius 3 is 2.79 bits per heavy atom. The van der Waals surface area contributed by atoms with Crippen LogP contribution < -0.4 is 11.1 Å². The van der Waals surface area contributed by atoms with Crippen LogP contribution in [0, 0.1) is 0 Å². The number of nitrogens with one attached hydrogen (secondary N) is 1. The molecule has 1 saturated carbocycles. The first-order chi connectivity index (χ1) is 6.74. The Kier molecular flexibility index (Phi) is 3.03. The minimum atomic E-state index is 0.202. The van der Waals surface area contributed by atoms with Crippen LogP contribution in [0.15, 0.2) is 0 Å². The lowest BCUT2D eigenvalue weighted by Crippen LogP contribution is -2.32. The average Bonchev–Trinajstić information content (AvgIpc) is 2.85. The Balaban J connectivity index is 1.59. The predicted octanol–water partition coefficient (Wildman–Crippen LogP) is -0.312. The molecule has 0 aromatic heterocycles. The molecule has 2 aliphatic rings. The Morgan fingerprint density at radius 1 is 1.43 bits per heavy atom. The molecule has 4 nitrogen and oxygen atoms in total. The van der Waals surface area contributed by atoms with Gasteiger partial charge in [0.15, 0.2) is 0 Å². The fourth-order valence-corrected chi connectivity index (χ4v) is 1.85. The van der Waals surface area contributed by atoms with Gasteiger partial charge in [0.25, 0.3) is 0 Å². The van der Waals surface area contributed by atoms with Gasteiger partial charge in [0, 0.05) is 31.6 Å². The van der Waals surface area contributed by atoms with E-state index >= 15 is 0 Å². The summed E-state index contributed by atoms with van der Waals surface area (Å²) in [5.41, 5.74) is 5.78. The third kappa shape index (κ3) is 2.96. The van der Waals surface area contributed by atoms with Gasteiger partial charge in [0.1, 0.15) is 0 Å². The van der Waals surface area contributed by atoms with Crippen LogP contribution in [0.1, 0.15) is 25.7 Å². The molecule has 2 fully saturated rings. The zero-order valence-electron chi connectivity index (χ0n) is 8.54. The van der Waals surface area contributed by atoms with Crippen LogP contribution in [-0.4, -0.2) is 42.5 Å². The van der Waals surface area contributed by atoms with Gasteiger partial charge in [-0.2, -0.15) is 0 Å². The second kappa shape index (κ2) is 4.28. The van der Waals surface area contributed by atoms with E-state index in [-0.39, 0.29) is 5.91 Å². The summed E-state index contributed by atoms with van der Waals surface area (Å²) in [6.45, 7) is 2.88. The zero-order valence-corrected chi connectivity index (χ0v) is 8.54. The van der Waals surface area contributed by atoms with Gasteiger partial charge in [-0.15, -0.1) is 0 Å². The highest BCUT2D eigenvalue weighted by molar-refractivity contribution is 5.76. The molecule has 0 bridgehead atoms. The molecule has 80 valence electrons. The number of likely N-dealkylation sites (tertiary alicyclic amines) is 1. The van der Waals surface area contributed by atoms with Crippen LogP contribution in [0.4, 0.5) is 0 Å². The van der Waals surface area contributed by atoms with E-state index in [1.54, 1.807) is 0 Å². The van der Waals surface area contributed by atoms with E-state index in [1.807, 2.05) is 0 Å². The Morgan fingerprint density at radius 2 is 2.21 bits per heavy atom. The molecule has 1 unspecified atom stereocenters. The van der Waals surface area contributed by atoms with Crippen molar-refractivity contribution in [3.05, 3.63) is 0 Å². The molecule has 2 rings (SSSR count). The molecule has 14 heavy (non-hydrogen) atoms. The van der Waals surface area contributed by atoms with Gasteiger partial charge in [-0.25, -0.2) is 0 Å². The van der Waals surface area contributed by atoms with Gasteiger partial charge in [-0.05, 0) is 25.8 Å². The number of nitrogens with two attached hydrogens (primary N) is 1. The summed E-state index contributed by atoms with van der Waals surface area (Å²) in [6.07, 6.45) is 4.04. The Hall–Kier alpha value is -0.610. The monoisotopic (exact) mass is 197 g/mol. The standard InChI is InChI=1S/C10H19N3O/c11-8-3-5-13(7-8)6-4-10(14)12-9-1-2-9/h8-9H,1-7,11H2,(H,12,14). The van der Waals surface area contributed by atoms with Gasteiger partial charge in [-0.1, -0.05) is 0 Å². The molecule has 1 atom stereocenters. The lowest BCUT2D eigenvalue weighted by atomic mass is 10.3. The molecule has 4 heteroatoms. The molecule has 1 heterocycles. The topological polar surface area (TPSA) is 58.4 Å². The van der Waals surface area contributed by atoms with Crippen molar-refractivity contribution < 1.29 is 4.79 Å². The molecule has 0 radical (unpaired) electrons. The number of hydrogen-bond donors (Lipinski definition) is 2. The normalized spacial score (nSPS) is 27.9. The van der Waals surface area contributed by atoms with Crippen molar-refractivity contribution in [2.24, 2.45) is 5.73 Å². The third-order valence-corrected chi connectivity index (χ3v) is 2.91. The minimum Gasteiger partial charge on any atom is -0.353 e. The van der Waals surface area contributed by atoms with Crippen molar-refractivity contribution in [1.82, 2.24) is 10.2 Å². The molecule has 0 aromatic rings. The maximum absolute atomic E-state index is 11.4. The highest BCUT2D eigenvalue weighted by Crippen LogP contribution is 2.18. The fraction of sp³-hybridized carbons (Fsp3) is 0.900. The first-order valence-corrected chi connectivity index (χ1v) is 5.51. The van der Waals surface area contributed by atoms with E-state index in [0.29, 0.717) is 18.5 Å². The van der Waals surface area contributed by atoms with Crippen LogP contribution in [-0.2, 0) is 4.79 Å². The molecule has 1 amide bonds. The van der Waals surface area contributed by atoms with Crippen LogP contribution in [0.25, 0.3) is 0 Å². The molecule has 1 aliphatic heterocycles. The fourth-order valence-electron chi connectivity index (χ4n) is 1.85. The highest BCUT2D eigenvalue weighted by atomic mass is 16.1. The van der Waals surface area contributed by atoms with E-state index in [2.05, 4.69) is 10.2 Å². The lowest BCUT2D eigenvalue weighted by Gasteiger charge is -2.14. The van der Waals surface area contributed by atoms with Crippen LogP contribution in [0.3, 0.4) is 0 Å². The van der Waals surface area contributed by atoms with Gasteiger partial charge in [0.2, 0.25) is 5.91 Å². The number of nitrogens with zero attached hydrogens (tertiary/aromatic N) is 1. The van der Waals surface area contributed by atoms with Gasteiger partial charge in [0.05, 0.1) is 0 Å². The van der Waals surface area contributed by atoms with Crippen molar-refractivity contribution in [2.45, 2.75) is 37.8 Å². The average molecular weight is 197 g/mol. The van der Waals surface area contributed by atoms with Crippen LogP contribution >= 0.6 is 0 Å². The lowest BCUT2D eigenvalue weighted by molar-refractivity contribution is -0.121. The van der Waals surface area contributed by atoms with Crippen molar-refractivity contribution in [3.8, 4) is 0 Å². The van der Waals surface area contributed by atoms with Crippen molar-refractivity contribution >= 4 is 5.91 Å². The Bertz CT molecular complexity index is 215. The predicted molar refractivity (Wildman–Crippen MR) is 54.8 cm³/mol. The third-order valence-electron chi connectivity index (χ3n) is 2.91. The number of amides is 1. The molecule has 1 saturated heterocycles. The maximum atomic E-state index is 11.4. The second-order valence-electron chi connectivity index (χ2n) is 4.44. The zero-order chi connectivity index (χ0) is 9.97. The largest absolute Gasteiger partial charge is 0.353 e. The summed E-state index contributed by atoms with van der Waals surface area (Å²) < 4.78 is 0. The number of carbonyl (C=O) groups is 1. The van der Waals surface area contributed by atoms with E-state index < -0.39 is 0 Å². The minimum absolute atomic E-state index is 0.202. The maximum Gasteiger partial charge on any atom is 0.221 e. The van der Waals surface area contributed by atoms with Gasteiger partial charge >= 0.3 is 0 Å². The first-order valence-electron chi connectivity index (χ1n) is 5.51. The molecule has 0 aromatic carbocycles. The van der Waals surface area contributed by atoms with Gasteiger partial charge in [-0.3, -0.25) is 4.79 Å². The molecular weight excluding hydrogens is 178 g/mol. The summed E-state index contributed by atoms with van der Waals surface area (Å²) in [7, 11) is 0. The summed E-state index contributed by atoms with van der Waals surface area (Å²) in [6, 6.07) is 0.810. The van der Waals surface area contributed by atoms with E-state index in [9.17, 15) is 4.79 Å². The number of rotatable bonds is 4. The highest BCUT2D eigenvalue weighted by Gasteiger charge is 2.24. The van der Waals surface area contributed by atoms with Gasteiger partial charge < -0.3 is 16.0 Å². The smallest absolute Gasteiger partial charge is 0.221 e. The second-order valence-corrected chi connectivity index (χ2v) is 4.44. The van der Waals surface area contributed by atoms with E-state index in [1.165, 1.54) is 12.8 Å². The van der Waals surface area contributed by atoms with Crippen molar-refractivity contribution in [2.75, 3.05) is 19.6 Å². The van der Waals surface area contributed by atoms with Crippen molar-refractivity contribution in [3.63, 3.8) is 0 Å². The van der Waals surface area contributed by atoms with Crippen molar-refractivity contribution in [1.29, 1.82) is 0 Å². The summed E-state index contributed by atoms with van der Waals surface area (Å²) in [4.78, 5) is 13.6. The SMILES string of the molecule is NC1CCN(CCC(=O)NC2CC2)C1. The first kappa shape index (κ1) is 9.93.